The van der Waals surface area contributed by atoms with E-state index < -0.39 is 29.4 Å². The molecule has 11 heteroatoms. The summed E-state index contributed by atoms with van der Waals surface area (Å²) in [4.78, 5) is 53.4. The lowest BCUT2D eigenvalue weighted by atomic mass is 10.1. The van der Waals surface area contributed by atoms with Crippen molar-refractivity contribution in [2.24, 2.45) is 0 Å². The fourth-order valence-corrected chi connectivity index (χ4v) is 5.58. The van der Waals surface area contributed by atoms with Gasteiger partial charge in [-0.05, 0) is 96.8 Å². The Balaban J connectivity index is 1.19. The highest BCUT2D eigenvalue weighted by atomic mass is 32.2. The normalized spacial score (nSPS) is 16.0. The highest BCUT2D eigenvalue weighted by molar-refractivity contribution is 8.18. The molecule has 2 fully saturated rings. The second kappa shape index (κ2) is 13.6. The molecule has 2 saturated heterocycles. The number of ether oxygens (including phenoxy) is 2. The van der Waals surface area contributed by atoms with E-state index in [0.717, 1.165) is 48.2 Å². The number of amides is 4. The third-order valence-corrected chi connectivity index (χ3v) is 7.93. The molecule has 0 saturated carbocycles. The Hall–Kier alpha value is -4.64. The summed E-state index contributed by atoms with van der Waals surface area (Å²) in [6.45, 7) is 1.39. The lowest BCUT2D eigenvalue weighted by Gasteiger charge is -2.26. The van der Waals surface area contributed by atoms with Gasteiger partial charge in [-0.2, -0.15) is 0 Å². The number of thioether (sulfide) groups is 1. The van der Waals surface area contributed by atoms with Crippen LogP contribution >= 0.6 is 11.8 Å². The molecule has 0 aliphatic carbocycles. The number of imide groups is 1. The summed E-state index contributed by atoms with van der Waals surface area (Å²) in [6, 6.07) is 17.7. The van der Waals surface area contributed by atoms with Crippen molar-refractivity contribution in [3.63, 3.8) is 0 Å². The molecule has 1 N–H and O–H groups in total. The van der Waals surface area contributed by atoms with Gasteiger partial charge in [0, 0.05) is 24.3 Å². The molecular formula is C32H30FN3O6S. The molecule has 5 rings (SSSR count). The van der Waals surface area contributed by atoms with E-state index in [1.54, 1.807) is 24.3 Å². The van der Waals surface area contributed by atoms with Crippen LogP contribution in [0.4, 0.5) is 14.9 Å². The van der Waals surface area contributed by atoms with Crippen LogP contribution in [0.5, 0.6) is 11.5 Å². The Morgan fingerprint density at radius 2 is 1.67 bits per heavy atom. The highest BCUT2D eigenvalue weighted by Crippen LogP contribution is 2.35. The van der Waals surface area contributed by atoms with E-state index in [4.69, 9.17) is 9.47 Å². The van der Waals surface area contributed by atoms with Gasteiger partial charge in [0.2, 0.25) is 5.91 Å². The predicted octanol–water partition coefficient (Wildman–Crippen LogP) is 5.71. The maximum Gasteiger partial charge on any atom is 0.294 e. The van der Waals surface area contributed by atoms with Crippen molar-refractivity contribution < 1.29 is 33.0 Å². The van der Waals surface area contributed by atoms with Crippen molar-refractivity contribution >= 4 is 46.5 Å². The molecule has 0 spiro atoms. The second-order valence-corrected chi connectivity index (χ2v) is 11.1. The minimum absolute atomic E-state index is 0.0514. The fourth-order valence-electron chi connectivity index (χ4n) is 4.74. The quantitative estimate of drug-likeness (QED) is 0.312. The minimum Gasteiger partial charge on any atom is -0.493 e. The molecule has 9 nitrogen and oxygen atoms in total. The summed E-state index contributed by atoms with van der Waals surface area (Å²) in [7, 11) is 1.50. The van der Waals surface area contributed by atoms with Crippen LogP contribution in [0.1, 0.15) is 40.7 Å². The number of halogens is 1. The van der Waals surface area contributed by atoms with Crippen molar-refractivity contribution in [2.45, 2.75) is 25.9 Å². The number of methoxy groups -OCH3 is 1. The zero-order valence-corrected chi connectivity index (χ0v) is 24.3. The number of nitrogens with one attached hydrogen (secondary N) is 1. The van der Waals surface area contributed by atoms with Crippen LogP contribution < -0.4 is 14.8 Å². The van der Waals surface area contributed by atoms with Crippen molar-refractivity contribution in [2.75, 3.05) is 32.1 Å². The number of hydrogen-bond acceptors (Lipinski definition) is 7. The van der Waals surface area contributed by atoms with Gasteiger partial charge < -0.3 is 19.7 Å². The van der Waals surface area contributed by atoms with Gasteiger partial charge in [0.15, 0.2) is 11.5 Å². The topological polar surface area (TPSA) is 105 Å². The van der Waals surface area contributed by atoms with Crippen molar-refractivity contribution in [1.82, 2.24) is 9.80 Å². The van der Waals surface area contributed by atoms with E-state index in [0.29, 0.717) is 28.3 Å². The second-order valence-electron chi connectivity index (χ2n) is 10.1. The number of carbonyl (C=O) groups is 4. The number of benzene rings is 3. The molecule has 3 aromatic rings. The van der Waals surface area contributed by atoms with Crippen LogP contribution in [0.2, 0.25) is 0 Å². The summed E-state index contributed by atoms with van der Waals surface area (Å²) in [5, 5.41) is 1.97. The van der Waals surface area contributed by atoms with E-state index in [2.05, 4.69) is 5.32 Å². The fraction of sp³-hybridized carbons (Fsp3) is 0.250. The van der Waals surface area contributed by atoms with Crippen LogP contribution in [0.3, 0.4) is 0 Å². The summed E-state index contributed by atoms with van der Waals surface area (Å²) in [5.74, 6) is -0.651. The van der Waals surface area contributed by atoms with Gasteiger partial charge in [0.05, 0.1) is 12.0 Å². The van der Waals surface area contributed by atoms with Gasteiger partial charge in [-0.25, -0.2) is 4.39 Å². The predicted molar refractivity (Wildman–Crippen MR) is 161 cm³/mol. The van der Waals surface area contributed by atoms with Gasteiger partial charge in [-0.15, -0.1) is 0 Å². The maximum atomic E-state index is 13.1. The molecule has 2 aliphatic rings. The Morgan fingerprint density at radius 3 is 2.37 bits per heavy atom. The Labute approximate surface area is 252 Å². The first-order valence-corrected chi connectivity index (χ1v) is 14.6. The van der Waals surface area contributed by atoms with Gasteiger partial charge in [0.25, 0.3) is 17.1 Å². The average Bonchev–Trinajstić information content (AvgIpc) is 3.28. The molecule has 43 heavy (non-hydrogen) atoms. The highest BCUT2D eigenvalue weighted by Gasteiger charge is 2.36. The zero-order valence-electron chi connectivity index (χ0n) is 23.5. The van der Waals surface area contributed by atoms with Crippen LogP contribution in [0.15, 0.2) is 71.6 Å². The third-order valence-electron chi connectivity index (χ3n) is 7.03. The van der Waals surface area contributed by atoms with E-state index in [9.17, 15) is 23.6 Å². The molecule has 2 heterocycles. The molecule has 0 bridgehead atoms. The van der Waals surface area contributed by atoms with Crippen LogP contribution in [-0.4, -0.2) is 59.5 Å². The minimum atomic E-state index is -0.592. The van der Waals surface area contributed by atoms with Crippen molar-refractivity contribution in [3.05, 3.63) is 94.1 Å². The van der Waals surface area contributed by atoms with Gasteiger partial charge in [-0.3, -0.25) is 24.1 Å². The van der Waals surface area contributed by atoms with E-state index >= 15 is 0 Å². The zero-order chi connectivity index (χ0) is 30.3. The van der Waals surface area contributed by atoms with Gasteiger partial charge >= 0.3 is 0 Å². The summed E-state index contributed by atoms with van der Waals surface area (Å²) in [6.07, 6.45) is 4.80. The van der Waals surface area contributed by atoms with Crippen molar-refractivity contribution in [3.8, 4) is 11.5 Å². The van der Waals surface area contributed by atoms with Gasteiger partial charge in [-0.1, -0.05) is 18.2 Å². The number of rotatable bonds is 9. The molecule has 0 radical (unpaired) electrons. The largest absolute Gasteiger partial charge is 0.493 e. The number of carbonyl (C=O) groups excluding carboxylic acids is 4. The number of likely N-dealkylation sites (tertiary alicyclic amines) is 1. The summed E-state index contributed by atoms with van der Waals surface area (Å²) < 4.78 is 24.6. The number of nitrogens with zero attached hydrogens (tertiary/aromatic N) is 2. The first-order valence-electron chi connectivity index (χ1n) is 13.8. The molecule has 0 atom stereocenters. The van der Waals surface area contributed by atoms with Crippen LogP contribution in [0.25, 0.3) is 6.08 Å². The van der Waals surface area contributed by atoms with Crippen LogP contribution in [0, 0.1) is 5.82 Å². The molecule has 222 valence electrons. The van der Waals surface area contributed by atoms with Crippen LogP contribution in [-0.2, 0) is 16.2 Å². The first-order chi connectivity index (χ1) is 20.8. The monoisotopic (exact) mass is 603 g/mol. The summed E-state index contributed by atoms with van der Waals surface area (Å²) >= 11 is 0.734. The molecule has 0 unspecified atom stereocenters. The Morgan fingerprint density at radius 1 is 0.953 bits per heavy atom. The first kappa shape index (κ1) is 29.8. The molecule has 4 amide bonds. The maximum absolute atomic E-state index is 13.1. The molecule has 0 aromatic heterocycles. The molecule has 3 aromatic carbocycles. The SMILES string of the molecule is COc1cc(/C=C2\SC(=O)N(CC(=O)Nc3ccc(F)cc3)C2=O)ccc1OCc1ccc(C(=O)N2CCCCC2)cc1. The van der Waals surface area contributed by atoms with Gasteiger partial charge in [0.1, 0.15) is 19.0 Å². The number of piperidine rings is 1. The van der Waals surface area contributed by atoms with E-state index in [-0.39, 0.29) is 17.4 Å². The lowest BCUT2D eigenvalue weighted by Crippen LogP contribution is -2.36. The lowest BCUT2D eigenvalue weighted by molar-refractivity contribution is -0.127. The molecule has 2 aliphatic heterocycles. The number of hydrogen-bond donors (Lipinski definition) is 1. The third kappa shape index (κ3) is 7.42. The average molecular weight is 604 g/mol. The Bertz CT molecular complexity index is 1550. The number of anilines is 1. The van der Waals surface area contributed by atoms with E-state index in [1.165, 1.54) is 37.8 Å². The molecular weight excluding hydrogens is 573 g/mol. The smallest absolute Gasteiger partial charge is 0.294 e. The summed E-state index contributed by atoms with van der Waals surface area (Å²) in [5.41, 5.74) is 2.50. The Kier molecular flexibility index (Phi) is 9.41. The standard InChI is InChI=1S/C32H30FN3O6S/c1-41-27-17-22(18-28-31(39)36(32(40)43-28)19-29(37)34-25-12-10-24(33)11-13-25)7-14-26(27)42-20-21-5-8-23(9-6-21)30(38)35-15-3-2-4-16-35/h5-14,17-18H,2-4,15-16,19-20H2,1H3,(H,34,37)/b28-18-. The van der Waals surface area contributed by atoms with E-state index in [1.807, 2.05) is 29.2 Å². The van der Waals surface area contributed by atoms with Crippen molar-refractivity contribution in [1.29, 1.82) is 0 Å².